The molecular weight excluding hydrogens is 639 g/mol. The minimum absolute atomic E-state index is 1.11. The van der Waals surface area contributed by atoms with Crippen molar-refractivity contribution in [3.05, 3.63) is 212 Å². The standard InChI is InChI=1S/C52H35N/c1-2-10-36(11-3-1)38-18-20-39(21-19-38)40-22-28-44(29-23-40)53(46-32-26-37-12-4-5-13-42(37)34-46)45-30-24-41(25-31-45)43-27-33-51-49-16-7-6-14-47(49)48-15-8-9-17-50(48)52(51)35-43/h1-35H. The molecule has 53 heavy (non-hydrogen) atoms. The van der Waals surface area contributed by atoms with E-state index >= 15 is 0 Å². The van der Waals surface area contributed by atoms with Crippen LogP contribution in [0.15, 0.2) is 212 Å². The van der Waals surface area contributed by atoms with E-state index < -0.39 is 0 Å². The van der Waals surface area contributed by atoms with Gasteiger partial charge in [-0.1, -0.05) is 170 Å². The molecule has 0 aliphatic rings. The van der Waals surface area contributed by atoms with Crippen LogP contribution in [-0.2, 0) is 0 Å². The van der Waals surface area contributed by atoms with Crippen LogP contribution < -0.4 is 4.90 Å². The van der Waals surface area contributed by atoms with Crippen LogP contribution >= 0.6 is 0 Å². The molecule has 0 aliphatic heterocycles. The summed E-state index contributed by atoms with van der Waals surface area (Å²) in [5.41, 5.74) is 10.6. The molecule has 0 saturated heterocycles. The quantitative estimate of drug-likeness (QED) is 0.159. The molecule has 0 N–H and O–H groups in total. The maximum atomic E-state index is 2.37. The lowest BCUT2D eigenvalue weighted by Gasteiger charge is -2.26. The van der Waals surface area contributed by atoms with E-state index in [1.54, 1.807) is 0 Å². The second-order valence-electron chi connectivity index (χ2n) is 13.8. The zero-order chi connectivity index (χ0) is 35.1. The van der Waals surface area contributed by atoms with E-state index in [0.29, 0.717) is 0 Å². The maximum absolute atomic E-state index is 2.37. The molecule has 1 nitrogen and oxygen atoms in total. The normalized spacial score (nSPS) is 11.4. The molecule has 0 atom stereocenters. The van der Waals surface area contributed by atoms with Crippen LogP contribution in [-0.4, -0.2) is 0 Å². The molecule has 0 aromatic heterocycles. The Hall–Kier alpha value is -6.96. The van der Waals surface area contributed by atoms with Crippen molar-refractivity contribution < 1.29 is 0 Å². The number of anilines is 3. The van der Waals surface area contributed by atoms with Gasteiger partial charge >= 0.3 is 0 Å². The van der Waals surface area contributed by atoms with Gasteiger partial charge in [-0.2, -0.15) is 0 Å². The highest BCUT2D eigenvalue weighted by Gasteiger charge is 2.15. The van der Waals surface area contributed by atoms with E-state index in [4.69, 9.17) is 0 Å². The summed E-state index contributed by atoms with van der Waals surface area (Å²) in [7, 11) is 0. The summed E-state index contributed by atoms with van der Waals surface area (Å²) in [6.07, 6.45) is 0. The largest absolute Gasteiger partial charge is 0.310 e. The van der Waals surface area contributed by atoms with Gasteiger partial charge in [0.15, 0.2) is 0 Å². The first kappa shape index (κ1) is 30.8. The summed E-state index contributed by atoms with van der Waals surface area (Å²) in [4.78, 5) is 2.36. The molecule has 10 aromatic carbocycles. The van der Waals surface area contributed by atoms with E-state index in [9.17, 15) is 0 Å². The molecule has 0 bridgehead atoms. The number of hydrogen-bond donors (Lipinski definition) is 0. The lowest BCUT2D eigenvalue weighted by Crippen LogP contribution is -2.09. The number of benzene rings is 10. The van der Waals surface area contributed by atoms with Crippen LogP contribution in [0.3, 0.4) is 0 Å². The monoisotopic (exact) mass is 673 g/mol. The summed E-state index contributed by atoms with van der Waals surface area (Å²) in [5.74, 6) is 0. The highest BCUT2D eigenvalue weighted by atomic mass is 15.1. The summed E-state index contributed by atoms with van der Waals surface area (Å²) < 4.78 is 0. The minimum atomic E-state index is 1.11. The Morgan fingerprint density at radius 1 is 0.208 bits per heavy atom. The Morgan fingerprint density at radius 3 is 1.15 bits per heavy atom. The summed E-state index contributed by atoms with van der Waals surface area (Å²) in [6, 6.07) is 77.2. The Morgan fingerprint density at radius 2 is 0.585 bits per heavy atom. The van der Waals surface area contributed by atoms with Crippen LogP contribution in [0.25, 0.3) is 76.5 Å². The molecule has 0 saturated carbocycles. The first-order chi connectivity index (χ1) is 26.3. The molecule has 10 aromatic rings. The molecular formula is C52H35N. The predicted octanol–water partition coefficient (Wildman–Crippen LogP) is 14.8. The van der Waals surface area contributed by atoms with Gasteiger partial charge in [0, 0.05) is 17.1 Å². The highest BCUT2D eigenvalue weighted by molar-refractivity contribution is 6.25. The smallest absolute Gasteiger partial charge is 0.0468 e. The SMILES string of the molecule is c1ccc(-c2ccc(-c3ccc(N(c4ccc(-c5ccc6c7ccccc7c7ccccc7c6c5)cc4)c4ccc5ccccc5c4)cc3)cc2)cc1. The summed E-state index contributed by atoms with van der Waals surface area (Å²) in [5, 5.41) is 10.2. The third kappa shape index (κ3) is 5.60. The van der Waals surface area contributed by atoms with Gasteiger partial charge in [-0.25, -0.2) is 0 Å². The number of rotatable bonds is 6. The van der Waals surface area contributed by atoms with Gasteiger partial charge in [-0.15, -0.1) is 0 Å². The molecule has 0 unspecified atom stereocenters. The van der Waals surface area contributed by atoms with Crippen molar-refractivity contribution in [3.8, 4) is 33.4 Å². The predicted molar refractivity (Wildman–Crippen MR) is 227 cm³/mol. The first-order valence-corrected chi connectivity index (χ1v) is 18.3. The van der Waals surface area contributed by atoms with Gasteiger partial charge in [0.05, 0.1) is 0 Å². The average Bonchev–Trinajstić information content (AvgIpc) is 3.24. The second-order valence-corrected chi connectivity index (χ2v) is 13.8. The maximum Gasteiger partial charge on any atom is 0.0468 e. The van der Waals surface area contributed by atoms with Gasteiger partial charge in [0.2, 0.25) is 0 Å². The van der Waals surface area contributed by atoms with Crippen molar-refractivity contribution in [1.29, 1.82) is 0 Å². The van der Waals surface area contributed by atoms with Crippen molar-refractivity contribution in [2.45, 2.75) is 0 Å². The average molecular weight is 674 g/mol. The second kappa shape index (κ2) is 13.0. The third-order valence-electron chi connectivity index (χ3n) is 10.6. The molecule has 0 heterocycles. The zero-order valence-corrected chi connectivity index (χ0v) is 29.2. The third-order valence-corrected chi connectivity index (χ3v) is 10.6. The summed E-state index contributed by atoms with van der Waals surface area (Å²) >= 11 is 0. The molecule has 0 fully saturated rings. The van der Waals surface area contributed by atoms with Crippen LogP contribution in [0, 0.1) is 0 Å². The van der Waals surface area contributed by atoms with Crippen molar-refractivity contribution in [3.63, 3.8) is 0 Å². The first-order valence-electron chi connectivity index (χ1n) is 18.3. The fraction of sp³-hybridized carbons (Fsp3) is 0. The van der Waals surface area contributed by atoms with Gasteiger partial charge in [0.25, 0.3) is 0 Å². The van der Waals surface area contributed by atoms with Gasteiger partial charge < -0.3 is 4.90 Å². The number of nitrogens with zero attached hydrogens (tertiary/aromatic N) is 1. The molecule has 10 rings (SSSR count). The van der Waals surface area contributed by atoms with E-state index in [2.05, 4.69) is 217 Å². The van der Waals surface area contributed by atoms with Crippen LogP contribution in [0.2, 0.25) is 0 Å². The highest BCUT2D eigenvalue weighted by Crippen LogP contribution is 2.40. The Balaban J connectivity index is 1.03. The van der Waals surface area contributed by atoms with Crippen LogP contribution in [0.1, 0.15) is 0 Å². The zero-order valence-electron chi connectivity index (χ0n) is 29.2. The lowest BCUT2D eigenvalue weighted by atomic mass is 9.92. The minimum Gasteiger partial charge on any atom is -0.310 e. The Labute approximate surface area is 309 Å². The van der Waals surface area contributed by atoms with Crippen molar-refractivity contribution in [2.24, 2.45) is 0 Å². The van der Waals surface area contributed by atoms with Crippen LogP contribution in [0.4, 0.5) is 17.1 Å². The Bertz CT molecular complexity index is 2870. The van der Waals surface area contributed by atoms with E-state index in [1.165, 1.54) is 76.5 Å². The topological polar surface area (TPSA) is 3.24 Å². The number of fused-ring (bicyclic) bond motifs is 7. The Kier molecular flexibility index (Phi) is 7.55. The fourth-order valence-electron chi connectivity index (χ4n) is 7.94. The van der Waals surface area contributed by atoms with Gasteiger partial charge in [-0.3, -0.25) is 0 Å². The van der Waals surface area contributed by atoms with E-state index in [0.717, 1.165) is 17.1 Å². The van der Waals surface area contributed by atoms with E-state index in [-0.39, 0.29) is 0 Å². The van der Waals surface area contributed by atoms with Gasteiger partial charge in [-0.05, 0) is 119 Å². The lowest BCUT2D eigenvalue weighted by molar-refractivity contribution is 1.29. The molecule has 0 spiro atoms. The van der Waals surface area contributed by atoms with E-state index in [1.807, 2.05) is 0 Å². The molecule has 0 aliphatic carbocycles. The molecule has 1 heteroatoms. The van der Waals surface area contributed by atoms with Crippen molar-refractivity contribution in [1.82, 2.24) is 0 Å². The van der Waals surface area contributed by atoms with Crippen molar-refractivity contribution in [2.75, 3.05) is 4.90 Å². The molecule has 248 valence electrons. The van der Waals surface area contributed by atoms with Crippen molar-refractivity contribution >= 4 is 60.2 Å². The fourth-order valence-corrected chi connectivity index (χ4v) is 7.94. The molecule has 0 radical (unpaired) electrons. The molecule has 0 amide bonds. The number of hydrogen-bond acceptors (Lipinski definition) is 1. The van der Waals surface area contributed by atoms with Gasteiger partial charge in [0.1, 0.15) is 0 Å². The van der Waals surface area contributed by atoms with Crippen LogP contribution in [0.5, 0.6) is 0 Å². The summed E-state index contributed by atoms with van der Waals surface area (Å²) in [6.45, 7) is 0.